The van der Waals surface area contributed by atoms with E-state index in [2.05, 4.69) is 5.16 Å². The standard InChI is InChI=1S/C30H23Cl2NO5/c1-36-30(35)19-10-6-16-5-9-18-13-20(11-12-21(18)28(34)22(16)14-19)37-15-23-27(33-38-29(23)17-7-8-17)26-24(31)3-2-4-25(26)32/h2-4,6,10-14,17H,5,7-9,15H2,1H3. The van der Waals surface area contributed by atoms with Gasteiger partial charge in [0.1, 0.15) is 23.8 Å². The van der Waals surface area contributed by atoms with Crippen LogP contribution in [0.4, 0.5) is 0 Å². The van der Waals surface area contributed by atoms with E-state index in [-0.39, 0.29) is 12.4 Å². The predicted octanol–water partition coefficient (Wildman–Crippen LogP) is 7.22. The van der Waals surface area contributed by atoms with Gasteiger partial charge in [0.25, 0.3) is 0 Å². The first-order chi connectivity index (χ1) is 18.4. The minimum absolute atomic E-state index is 0.115. The van der Waals surface area contributed by atoms with Gasteiger partial charge in [-0.25, -0.2) is 4.79 Å². The monoisotopic (exact) mass is 547 g/mol. The maximum Gasteiger partial charge on any atom is 0.337 e. The summed E-state index contributed by atoms with van der Waals surface area (Å²) in [6.45, 7) is 0.224. The predicted molar refractivity (Wildman–Crippen MR) is 143 cm³/mol. The van der Waals surface area contributed by atoms with Crippen molar-refractivity contribution in [3.8, 4) is 17.0 Å². The number of benzene rings is 3. The summed E-state index contributed by atoms with van der Waals surface area (Å²) in [7, 11) is 1.33. The van der Waals surface area contributed by atoms with E-state index in [0.29, 0.717) is 62.5 Å². The first-order valence-electron chi connectivity index (χ1n) is 12.4. The van der Waals surface area contributed by atoms with Gasteiger partial charge in [-0.05, 0) is 79.3 Å². The summed E-state index contributed by atoms with van der Waals surface area (Å²) < 4.78 is 16.8. The number of nitrogens with zero attached hydrogens (tertiary/aromatic N) is 1. The number of hydrogen-bond acceptors (Lipinski definition) is 6. The Hall–Kier alpha value is -3.61. The summed E-state index contributed by atoms with van der Waals surface area (Å²) in [6, 6.07) is 16.0. The number of esters is 1. The van der Waals surface area contributed by atoms with Gasteiger partial charge in [0.05, 0.1) is 28.3 Å². The van der Waals surface area contributed by atoms with Gasteiger partial charge < -0.3 is 14.0 Å². The van der Waals surface area contributed by atoms with E-state index >= 15 is 0 Å². The molecule has 2 aliphatic carbocycles. The summed E-state index contributed by atoms with van der Waals surface area (Å²) in [6.07, 6.45) is 3.42. The van der Waals surface area contributed by atoms with Crippen LogP contribution in [0.15, 0.2) is 59.1 Å². The molecule has 38 heavy (non-hydrogen) atoms. The highest BCUT2D eigenvalue weighted by Gasteiger charge is 2.34. The molecule has 6 rings (SSSR count). The maximum absolute atomic E-state index is 13.4. The molecule has 2 aliphatic rings. The van der Waals surface area contributed by atoms with Gasteiger partial charge in [0, 0.05) is 22.6 Å². The van der Waals surface area contributed by atoms with Gasteiger partial charge in [-0.2, -0.15) is 0 Å². The normalized spacial score (nSPS) is 14.4. The lowest BCUT2D eigenvalue weighted by atomic mass is 9.97. The van der Waals surface area contributed by atoms with Crippen molar-refractivity contribution in [1.29, 1.82) is 0 Å². The minimum atomic E-state index is -0.467. The third-order valence-corrected chi connectivity index (χ3v) is 7.74. The van der Waals surface area contributed by atoms with Crippen LogP contribution in [0, 0.1) is 0 Å². The average Bonchev–Trinajstić information content (AvgIpc) is 3.71. The van der Waals surface area contributed by atoms with E-state index in [9.17, 15) is 9.59 Å². The van der Waals surface area contributed by atoms with Gasteiger partial charge in [-0.15, -0.1) is 0 Å². The zero-order chi connectivity index (χ0) is 26.4. The Morgan fingerprint density at radius 2 is 1.76 bits per heavy atom. The number of hydrogen-bond donors (Lipinski definition) is 0. The number of aromatic nitrogens is 1. The highest BCUT2D eigenvalue weighted by molar-refractivity contribution is 6.39. The number of aryl methyl sites for hydroxylation is 2. The Balaban J connectivity index is 1.29. The van der Waals surface area contributed by atoms with Crippen LogP contribution in [0.2, 0.25) is 10.0 Å². The molecular formula is C30H23Cl2NO5. The van der Waals surface area contributed by atoms with Gasteiger partial charge in [-0.1, -0.05) is 40.5 Å². The molecule has 0 saturated heterocycles. The van der Waals surface area contributed by atoms with E-state index in [1.165, 1.54) is 7.11 Å². The van der Waals surface area contributed by atoms with Crippen molar-refractivity contribution in [2.24, 2.45) is 0 Å². The molecule has 0 aliphatic heterocycles. The summed E-state index contributed by atoms with van der Waals surface area (Å²) in [5.74, 6) is 1.17. The second-order valence-electron chi connectivity index (χ2n) is 9.55. The molecule has 1 saturated carbocycles. The average molecular weight is 548 g/mol. The first kappa shape index (κ1) is 24.7. The molecule has 0 spiro atoms. The Morgan fingerprint density at radius 1 is 1.00 bits per heavy atom. The molecule has 8 heteroatoms. The second kappa shape index (κ2) is 9.93. The number of ether oxygens (including phenoxy) is 2. The lowest BCUT2D eigenvalue weighted by Gasteiger charge is -2.12. The van der Waals surface area contributed by atoms with Crippen molar-refractivity contribution in [1.82, 2.24) is 5.16 Å². The quantitative estimate of drug-likeness (QED) is 0.237. The Bertz CT molecular complexity index is 1570. The highest BCUT2D eigenvalue weighted by Crippen LogP contribution is 2.46. The van der Waals surface area contributed by atoms with Crippen molar-refractivity contribution >= 4 is 35.0 Å². The van der Waals surface area contributed by atoms with Crippen LogP contribution in [0.5, 0.6) is 5.75 Å². The van der Waals surface area contributed by atoms with E-state index < -0.39 is 5.97 Å². The highest BCUT2D eigenvalue weighted by atomic mass is 35.5. The zero-order valence-electron chi connectivity index (χ0n) is 20.6. The van der Waals surface area contributed by atoms with Gasteiger partial charge in [0.2, 0.25) is 0 Å². The minimum Gasteiger partial charge on any atom is -0.489 e. The molecular weight excluding hydrogens is 525 g/mol. The SMILES string of the molecule is COC(=O)c1ccc2c(c1)C(=O)c1ccc(OCc3c(-c4c(Cl)cccc4Cl)noc3C3CC3)cc1CC2. The van der Waals surface area contributed by atoms with Crippen LogP contribution in [-0.4, -0.2) is 24.0 Å². The van der Waals surface area contributed by atoms with Crippen molar-refractivity contribution in [2.75, 3.05) is 7.11 Å². The Kier molecular flexibility index (Phi) is 6.46. The molecule has 6 nitrogen and oxygen atoms in total. The Labute approximate surface area is 229 Å². The summed E-state index contributed by atoms with van der Waals surface area (Å²) in [5, 5.41) is 5.31. The van der Waals surface area contributed by atoms with Crippen molar-refractivity contribution in [2.45, 2.75) is 38.2 Å². The topological polar surface area (TPSA) is 78.6 Å². The molecule has 1 heterocycles. The van der Waals surface area contributed by atoms with Crippen molar-refractivity contribution in [3.05, 3.63) is 104 Å². The Morgan fingerprint density at radius 3 is 2.50 bits per heavy atom. The molecule has 0 radical (unpaired) electrons. The van der Waals surface area contributed by atoms with E-state index in [4.69, 9.17) is 37.2 Å². The molecule has 0 amide bonds. The number of fused-ring (bicyclic) bond motifs is 2. The van der Waals surface area contributed by atoms with Crippen LogP contribution in [0.25, 0.3) is 11.3 Å². The van der Waals surface area contributed by atoms with Crippen LogP contribution in [-0.2, 0) is 24.2 Å². The van der Waals surface area contributed by atoms with Crippen LogP contribution in [0.3, 0.4) is 0 Å². The van der Waals surface area contributed by atoms with E-state index in [0.717, 1.165) is 35.3 Å². The van der Waals surface area contributed by atoms with E-state index in [1.54, 1.807) is 42.5 Å². The second-order valence-corrected chi connectivity index (χ2v) is 10.4. The largest absolute Gasteiger partial charge is 0.489 e. The first-order valence-corrected chi connectivity index (χ1v) is 13.1. The lowest BCUT2D eigenvalue weighted by Crippen LogP contribution is -2.08. The third kappa shape index (κ3) is 4.48. The van der Waals surface area contributed by atoms with Crippen LogP contribution in [0.1, 0.15) is 67.5 Å². The molecule has 0 atom stereocenters. The molecule has 4 aromatic rings. The fraction of sp³-hybridized carbons (Fsp3) is 0.233. The lowest BCUT2D eigenvalue weighted by molar-refractivity contribution is 0.0600. The smallest absolute Gasteiger partial charge is 0.337 e. The van der Waals surface area contributed by atoms with Crippen molar-refractivity contribution < 1.29 is 23.6 Å². The number of ketones is 1. The molecule has 0 unspecified atom stereocenters. The zero-order valence-corrected chi connectivity index (χ0v) is 22.1. The molecule has 0 bridgehead atoms. The number of rotatable bonds is 6. The maximum atomic E-state index is 13.4. The fourth-order valence-electron chi connectivity index (χ4n) is 4.96. The molecule has 1 aromatic heterocycles. The molecule has 3 aromatic carbocycles. The van der Waals surface area contributed by atoms with Crippen molar-refractivity contribution in [3.63, 3.8) is 0 Å². The number of methoxy groups -OCH3 is 1. The molecule has 192 valence electrons. The van der Waals surface area contributed by atoms with Gasteiger partial charge in [0.15, 0.2) is 5.78 Å². The molecule has 0 N–H and O–H groups in total. The van der Waals surface area contributed by atoms with Crippen LogP contribution < -0.4 is 4.74 Å². The number of carbonyl (C=O) groups excluding carboxylic acids is 2. The summed E-state index contributed by atoms with van der Waals surface area (Å²) in [4.78, 5) is 25.4. The number of carbonyl (C=O) groups is 2. The summed E-state index contributed by atoms with van der Waals surface area (Å²) in [5.41, 5.74) is 5.33. The third-order valence-electron chi connectivity index (χ3n) is 7.11. The van der Waals surface area contributed by atoms with E-state index in [1.807, 2.05) is 12.1 Å². The fourth-order valence-corrected chi connectivity index (χ4v) is 5.53. The number of halogens is 2. The summed E-state index contributed by atoms with van der Waals surface area (Å²) >= 11 is 13.0. The van der Waals surface area contributed by atoms with Crippen LogP contribution >= 0.6 is 23.2 Å². The van der Waals surface area contributed by atoms with Gasteiger partial charge >= 0.3 is 5.97 Å². The van der Waals surface area contributed by atoms with Gasteiger partial charge in [-0.3, -0.25) is 4.79 Å². The molecule has 1 fully saturated rings.